The summed E-state index contributed by atoms with van der Waals surface area (Å²) in [6.07, 6.45) is 2.21. The first kappa shape index (κ1) is 19.5. The number of nitrogens with zero attached hydrogens (tertiary/aromatic N) is 2. The molecule has 0 unspecified atom stereocenters. The average Bonchev–Trinajstić information content (AvgIpc) is 3.45. The van der Waals surface area contributed by atoms with Crippen LogP contribution in [0.2, 0.25) is 5.02 Å². The lowest BCUT2D eigenvalue weighted by atomic mass is 10.0. The quantitative estimate of drug-likeness (QED) is 0.652. The number of methoxy groups -OCH3 is 1. The number of hydrogen-bond donors (Lipinski definition) is 1. The van der Waals surface area contributed by atoms with Gasteiger partial charge < -0.3 is 10.1 Å². The van der Waals surface area contributed by atoms with Gasteiger partial charge in [0.2, 0.25) is 5.91 Å². The predicted molar refractivity (Wildman–Crippen MR) is 114 cm³/mol. The van der Waals surface area contributed by atoms with Gasteiger partial charge in [0.15, 0.2) is 0 Å². The first-order valence-corrected chi connectivity index (χ1v) is 10.1. The van der Waals surface area contributed by atoms with E-state index in [0.29, 0.717) is 11.4 Å². The average molecular weight is 410 g/mol. The van der Waals surface area contributed by atoms with E-state index in [1.807, 2.05) is 67.1 Å². The number of aryl methyl sites for hydroxylation is 1. The van der Waals surface area contributed by atoms with Gasteiger partial charge in [0.1, 0.15) is 5.75 Å². The zero-order chi connectivity index (χ0) is 20.6. The molecular formula is C23H24ClN3O2. The maximum Gasteiger partial charge on any atom is 0.225 e. The third-order valence-corrected chi connectivity index (χ3v) is 5.87. The van der Waals surface area contributed by atoms with E-state index in [0.717, 1.165) is 46.8 Å². The molecule has 0 spiro atoms. The van der Waals surface area contributed by atoms with Crippen LogP contribution in [-0.4, -0.2) is 22.8 Å². The zero-order valence-corrected chi connectivity index (χ0v) is 17.6. The maximum atomic E-state index is 12.9. The largest absolute Gasteiger partial charge is 0.497 e. The molecule has 0 atom stereocenters. The fourth-order valence-corrected chi connectivity index (χ4v) is 3.88. The van der Waals surface area contributed by atoms with Gasteiger partial charge in [-0.3, -0.25) is 4.79 Å². The summed E-state index contributed by atoms with van der Waals surface area (Å²) >= 11 is 5.99. The molecule has 0 radical (unpaired) electrons. The molecule has 1 saturated carbocycles. The van der Waals surface area contributed by atoms with Crippen LogP contribution in [0.3, 0.4) is 0 Å². The Morgan fingerprint density at radius 1 is 1.14 bits per heavy atom. The van der Waals surface area contributed by atoms with Gasteiger partial charge in [0.05, 0.1) is 30.5 Å². The number of nitrogens with one attached hydrogen (secondary N) is 1. The molecule has 5 nitrogen and oxygen atoms in total. The number of rotatable bonds is 6. The molecule has 0 saturated heterocycles. The second-order valence-corrected chi connectivity index (χ2v) is 8.01. The Kier molecular flexibility index (Phi) is 5.09. The van der Waals surface area contributed by atoms with E-state index in [1.165, 1.54) is 0 Å². The number of carbonyl (C=O) groups excluding carboxylic acids is 1. The van der Waals surface area contributed by atoms with E-state index in [1.54, 1.807) is 7.11 Å². The maximum absolute atomic E-state index is 12.9. The summed E-state index contributed by atoms with van der Waals surface area (Å²) in [4.78, 5) is 12.9. The van der Waals surface area contributed by atoms with E-state index < -0.39 is 0 Å². The number of amides is 1. The van der Waals surface area contributed by atoms with Crippen LogP contribution in [0.25, 0.3) is 5.69 Å². The second-order valence-electron chi connectivity index (χ2n) is 7.57. The van der Waals surface area contributed by atoms with Crippen LogP contribution in [0, 0.1) is 13.8 Å². The van der Waals surface area contributed by atoms with Crippen molar-refractivity contribution in [3.8, 4) is 11.4 Å². The predicted octanol–water partition coefficient (Wildman–Crippen LogP) is 4.50. The van der Waals surface area contributed by atoms with Crippen molar-refractivity contribution in [2.45, 2.75) is 38.6 Å². The Bertz CT molecular complexity index is 1040. The number of carbonyl (C=O) groups is 1. The van der Waals surface area contributed by atoms with Crippen molar-refractivity contribution in [1.29, 1.82) is 0 Å². The summed E-state index contributed by atoms with van der Waals surface area (Å²) in [7, 11) is 1.65. The van der Waals surface area contributed by atoms with Crippen molar-refractivity contribution < 1.29 is 9.53 Å². The van der Waals surface area contributed by atoms with Crippen molar-refractivity contribution in [1.82, 2.24) is 15.1 Å². The van der Waals surface area contributed by atoms with Crippen molar-refractivity contribution in [2.24, 2.45) is 0 Å². The van der Waals surface area contributed by atoms with E-state index in [-0.39, 0.29) is 11.4 Å². The Morgan fingerprint density at radius 2 is 1.79 bits per heavy atom. The molecule has 1 aliphatic rings. The normalized spacial score (nSPS) is 14.5. The van der Waals surface area contributed by atoms with E-state index >= 15 is 0 Å². The van der Waals surface area contributed by atoms with Crippen LogP contribution in [0.15, 0.2) is 48.5 Å². The lowest BCUT2D eigenvalue weighted by Gasteiger charge is -2.18. The molecule has 1 N–H and O–H groups in total. The lowest BCUT2D eigenvalue weighted by Crippen LogP contribution is -2.36. The van der Waals surface area contributed by atoms with E-state index in [2.05, 4.69) is 10.4 Å². The Morgan fingerprint density at radius 3 is 2.38 bits per heavy atom. The van der Waals surface area contributed by atoms with Gasteiger partial charge in [0, 0.05) is 16.3 Å². The fraction of sp³-hybridized carbons (Fsp3) is 0.304. The molecular weight excluding hydrogens is 386 g/mol. The van der Waals surface area contributed by atoms with Gasteiger partial charge in [-0.15, -0.1) is 0 Å². The molecule has 0 aliphatic heterocycles. The van der Waals surface area contributed by atoms with E-state index in [9.17, 15) is 4.79 Å². The van der Waals surface area contributed by atoms with Gasteiger partial charge in [-0.25, -0.2) is 4.68 Å². The molecule has 6 heteroatoms. The number of aromatic nitrogens is 2. The minimum absolute atomic E-state index is 0.0141. The van der Waals surface area contributed by atoms with Crippen LogP contribution in [-0.2, 0) is 16.8 Å². The number of benzene rings is 2. The lowest BCUT2D eigenvalue weighted by molar-refractivity contribution is -0.121. The minimum atomic E-state index is -0.253. The number of ether oxygens (including phenoxy) is 1. The molecule has 1 amide bonds. The standard InChI is InChI=1S/C23H24ClN3O2/c1-15-21(16(2)27(26-15)19-8-6-18(24)7-9-19)14-22(28)25-23(12-13-23)17-4-10-20(29-3)11-5-17/h4-11H,12-14H2,1-3H3,(H,25,28). The number of halogens is 1. The van der Waals surface area contributed by atoms with Crippen LogP contribution >= 0.6 is 11.6 Å². The SMILES string of the molecule is COc1ccc(C2(NC(=O)Cc3c(C)nn(-c4ccc(Cl)cc4)c3C)CC2)cc1. The summed E-state index contributed by atoms with van der Waals surface area (Å²) in [5.74, 6) is 0.830. The fourth-order valence-electron chi connectivity index (χ4n) is 3.76. The Labute approximate surface area is 175 Å². The van der Waals surface area contributed by atoms with Gasteiger partial charge in [-0.1, -0.05) is 23.7 Å². The summed E-state index contributed by atoms with van der Waals surface area (Å²) in [5, 5.41) is 8.56. The molecule has 3 aromatic rings. The molecule has 0 bridgehead atoms. The summed E-state index contributed by atoms with van der Waals surface area (Å²) in [5.41, 5.74) is 4.59. The van der Waals surface area contributed by atoms with Gasteiger partial charge in [0.25, 0.3) is 0 Å². The summed E-state index contributed by atoms with van der Waals surface area (Å²) in [6.45, 7) is 3.94. The first-order chi connectivity index (χ1) is 13.9. The van der Waals surface area contributed by atoms with Crippen LogP contribution in [0.4, 0.5) is 0 Å². The Hall–Kier alpha value is -2.79. The third-order valence-electron chi connectivity index (χ3n) is 5.62. The monoisotopic (exact) mass is 409 g/mol. The molecule has 1 heterocycles. The van der Waals surface area contributed by atoms with Gasteiger partial charge in [-0.2, -0.15) is 5.10 Å². The molecule has 150 valence electrons. The minimum Gasteiger partial charge on any atom is -0.497 e. The molecule has 4 rings (SSSR count). The van der Waals surface area contributed by atoms with Crippen LogP contribution in [0.5, 0.6) is 5.75 Å². The van der Waals surface area contributed by atoms with Crippen molar-refractivity contribution in [3.05, 3.63) is 76.1 Å². The summed E-state index contributed by atoms with van der Waals surface area (Å²) in [6, 6.07) is 15.5. The topological polar surface area (TPSA) is 56.1 Å². The van der Waals surface area contributed by atoms with Crippen molar-refractivity contribution in [2.75, 3.05) is 7.11 Å². The highest BCUT2D eigenvalue weighted by molar-refractivity contribution is 6.30. The summed E-state index contributed by atoms with van der Waals surface area (Å²) < 4.78 is 7.10. The second kappa shape index (κ2) is 7.56. The highest BCUT2D eigenvalue weighted by atomic mass is 35.5. The molecule has 2 aromatic carbocycles. The zero-order valence-electron chi connectivity index (χ0n) is 16.8. The Balaban J connectivity index is 1.50. The molecule has 1 aromatic heterocycles. The highest BCUT2D eigenvalue weighted by Crippen LogP contribution is 2.45. The van der Waals surface area contributed by atoms with Gasteiger partial charge in [-0.05, 0) is 68.7 Å². The molecule has 29 heavy (non-hydrogen) atoms. The third kappa shape index (κ3) is 3.87. The molecule has 1 aliphatic carbocycles. The molecule has 1 fully saturated rings. The van der Waals surface area contributed by atoms with Crippen molar-refractivity contribution >= 4 is 17.5 Å². The highest BCUT2D eigenvalue weighted by Gasteiger charge is 2.45. The van der Waals surface area contributed by atoms with Crippen molar-refractivity contribution in [3.63, 3.8) is 0 Å². The number of hydrogen-bond acceptors (Lipinski definition) is 3. The smallest absolute Gasteiger partial charge is 0.225 e. The van der Waals surface area contributed by atoms with E-state index in [4.69, 9.17) is 16.3 Å². The van der Waals surface area contributed by atoms with Crippen LogP contribution < -0.4 is 10.1 Å². The first-order valence-electron chi connectivity index (χ1n) is 9.68. The van der Waals surface area contributed by atoms with Gasteiger partial charge >= 0.3 is 0 Å². The van der Waals surface area contributed by atoms with Crippen LogP contribution in [0.1, 0.15) is 35.4 Å².